The summed E-state index contributed by atoms with van der Waals surface area (Å²) in [4.78, 5) is 23.8. The summed E-state index contributed by atoms with van der Waals surface area (Å²) in [7, 11) is 0. The third kappa shape index (κ3) is 4.33. The van der Waals surface area contributed by atoms with E-state index < -0.39 is 23.5 Å². The van der Waals surface area contributed by atoms with E-state index in [0.717, 1.165) is 5.56 Å². The highest BCUT2D eigenvalue weighted by molar-refractivity contribution is 5.94. The van der Waals surface area contributed by atoms with Crippen molar-refractivity contribution in [2.24, 2.45) is 11.8 Å². The SMILES string of the molecule is CC(C)(C)OC(=O)C(C(=O)O)C1CNC(c2ccc(C#N)cc2)C1. The van der Waals surface area contributed by atoms with Crippen molar-refractivity contribution < 1.29 is 19.4 Å². The second kappa shape index (κ2) is 7.02. The van der Waals surface area contributed by atoms with Gasteiger partial charge in [0.2, 0.25) is 0 Å². The van der Waals surface area contributed by atoms with E-state index in [-0.39, 0.29) is 12.0 Å². The van der Waals surface area contributed by atoms with Gasteiger partial charge in [-0.15, -0.1) is 0 Å². The lowest BCUT2D eigenvalue weighted by Gasteiger charge is -2.24. The summed E-state index contributed by atoms with van der Waals surface area (Å²) < 4.78 is 5.26. The number of nitrogens with one attached hydrogen (secondary N) is 1. The summed E-state index contributed by atoms with van der Waals surface area (Å²) >= 11 is 0. The molecule has 24 heavy (non-hydrogen) atoms. The number of aliphatic carboxylic acids is 1. The van der Waals surface area contributed by atoms with E-state index in [1.54, 1.807) is 32.9 Å². The Morgan fingerprint density at radius 2 is 1.96 bits per heavy atom. The van der Waals surface area contributed by atoms with Crippen LogP contribution in [0.15, 0.2) is 24.3 Å². The van der Waals surface area contributed by atoms with Gasteiger partial charge in [0.05, 0.1) is 11.6 Å². The molecule has 3 unspecified atom stereocenters. The molecular weight excluding hydrogens is 308 g/mol. The standard InChI is InChI=1S/C18H22N2O4/c1-18(2,3)24-17(23)15(16(21)22)13-8-14(20-10-13)12-6-4-11(9-19)5-7-12/h4-7,13-15,20H,8,10H2,1-3H3,(H,21,22). The molecule has 2 N–H and O–H groups in total. The second-order valence-corrected chi connectivity index (χ2v) is 7.04. The molecule has 3 atom stereocenters. The zero-order valence-electron chi connectivity index (χ0n) is 14.1. The summed E-state index contributed by atoms with van der Waals surface area (Å²) in [6, 6.07) is 9.19. The van der Waals surface area contributed by atoms with Crippen LogP contribution in [0.2, 0.25) is 0 Å². The van der Waals surface area contributed by atoms with Crippen LogP contribution in [0.25, 0.3) is 0 Å². The van der Waals surface area contributed by atoms with E-state index in [1.165, 1.54) is 0 Å². The summed E-state index contributed by atoms with van der Waals surface area (Å²) in [5.74, 6) is -3.36. The molecule has 128 valence electrons. The van der Waals surface area contributed by atoms with E-state index in [1.807, 2.05) is 12.1 Å². The third-order valence-corrected chi connectivity index (χ3v) is 4.01. The predicted molar refractivity (Wildman–Crippen MR) is 87.0 cm³/mol. The molecule has 0 aromatic heterocycles. The van der Waals surface area contributed by atoms with Gasteiger partial charge < -0.3 is 15.2 Å². The van der Waals surface area contributed by atoms with Crippen molar-refractivity contribution in [2.75, 3.05) is 6.54 Å². The number of carbonyl (C=O) groups is 2. The van der Waals surface area contributed by atoms with Gasteiger partial charge in [0.1, 0.15) is 5.60 Å². The van der Waals surface area contributed by atoms with E-state index in [9.17, 15) is 14.7 Å². The zero-order valence-corrected chi connectivity index (χ0v) is 14.1. The number of hydrogen-bond donors (Lipinski definition) is 2. The molecule has 0 amide bonds. The van der Waals surface area contributed by atoms with Gasteiger partial charge in [0.25, 0.3) is 0 Å². The molecule has 1 heterocycles. The number of carboxylic acid groups (broad SMARTS) is 1. The van der Waals surface area contributed by atoms with Crippen LogP contribution in [0.1, 0.15) is 44.4 Å². The molecule has 6 nitrogen and oxygen atoms in total. The van der Waals surface area contributed by atoms with Crippen molar-refractivity contribution in [3.05, 3.63) is 35.4 Å². The van der Waals surface area contributed by atoms with Crippen LogP contribution in [0.3, 0.4) is 0 Å². The monoisotopic (exact) mass is 330 g/mol. The second-order valence-electron chi connectivity index (χ2n) is 7.04. The lowest BCUT2D eigenvalue weighted by Crippen LogP contribution is -2.37. The normalized spacial score (nSPS) is 21.8. The Bertz CT molecular complexity index is 655. The molecule has 1 saturated heterocycles. The minimum Gasteiger partial charge on any atom is -0.481 e. The molecule has 0 aliphatic carbocycles. The van der Waals surface area contributed by atoms with Crippen LogP contribution in [0, 0.1) is 23.2 Å². The topological polar surface area (TPSA) is 99.4 Å². The van der Waals surface area contributed by atoms with Crippen LogP contribution in [0.4, 0.5) is 0 Å². The molecule has 2 rings (SSSR count). The van der Waals surface area contributed by atoms with Crippen molar-refractivity contribution in [3.63, 3.8) is 0 Å². The number of carbonyl (C=O) groups excluding carboxylic acids is 1. The Kier molecular flexibility index (Phi) is 5.25. The maximum Gasteiger partial charge on any atom is 0.321 e. The number of rotatable bonds is 4. The number of esters is 1. The van der Waals surface area contributed by atoms with E-state index in [4.69, 9.17) is 10.00 Å². The van der Waals surface area contributed by atoms with Crippen molar-refractivity contribution >= 4 is 11.9 Å². The van der Waals surface area contributed by atoms with Crippen LogP contribution in [-0.4, -0.2) is 29.2 Å². The Morgan fingerprint density at radius 3 is 2.46 bits per heavy atom. The number of nitrogens with zero attached hydrogens (tertiary/aromatic N) is 1. The Balaban J connectivity index is 2.09. The molecule has 1 aromatic carbocycles. The molecule has 0 radical (unpaired) electrons. The first-order valence-corrected chi connectivity index (χ1v) is 7.90. The van der Waals surface area contributed by atoms with Crippen molar-refractivity contribution in [1.82, 2.24) is 5.32 Å². The molecule has 0 spiro atoms. The fraction of sp³-hybridized carbons (Fsp3) is 0.500. The Morgan fingerprint density at radius 1 is 1.33 bits per heavy atom. The van der Waals surface area contributed by atoms with Crippen molar-refractivity contribution in [3.8, 4) is 6.07 Å². The van der Waals surface area contributed by atoms with Crippen molar-refractivity contribution in [2.45, 2.75) is 38.8 Å². The average molecular weight is 330 g/mol. The van der Waals surface area contributed by atoms with Gasteiger partial charge in [0, 0.05) is 12.6 Å². The number of carboxylic acids is 1. The molecule has 0 saturated carbocycles. The maximum atomic E-state index is 12.2. The van der Waals surface area contributed by atoms with Gasteiger partial charge in [-0.05, 0) is 50.8 Å². The largest absolute Gasteiger partial charge is 0.481 e. The molecule has 1 aromatic rings. The van der Waals surface area contributed by atoms with E-state index >= 15 is 0 Å². The quantitative estimate of drug-likeness (QED) is 0.649. The molecule has 1 aliphatic rings. The summed E-state index contributed by atoms with van der Waals surface area (Å²) in [5.41, 5.74) is 0.832. The van der Waals surface area contributed by atoms with Crippen LogP contribution in [0.5, 0.6) is 0 Å². The number of nitriles is 1. The summed E-state index contributed by atoms with van der Waals surface area (Å²) in [6.07, 6.45) is 0.530. The summed E-state index contributed by atoms with van der Waals surface area (Å²) in [5, 5.41) is 21.6. The Hall–Kier alpha value is -2.39. The van der Waals surface area contributed by atoms with Gasteiger partial charge >= 0.3 is 11.9 Å². The third-order valence-electron chi connectivity index (χ3n) is 4.01. The minimum atomic E-state index is -1.18. The highest BCUT2D eigenvalue weighted by Gasteiger charge is 2.41. The van der Waals surface area contributed by atoms with Crippen molar-refractivity contribution in [1.29, 1.82) is 5.26 Å². The van der Waals surface area contributed by atoms with E-state index in [0.29, 0.717) is 18.5 Å². The number of benzene rings is 1. The highest BCUT2D eigenvalue weighted by atomic mass is 16.6. The van der Waals surface area contributed by atoms with E-state index in [2.05, 4.69) is 11.4 Å². The molecule has 1 aliphatic heterocycles. The number of ether oxygens (including phenoxy) is 1. The maximum absolute atomic E-state index is 12.2. The van der Waals surface area contributed by atoms with Gasteiger partial charge in [-0.1, -0.05) is 12.1 Å². The van der Waals surface area contributed by atoms with Crippen LogP contribution < -0.4 is 5.32 Å². The lowest BCUT2D eigenvalue weighted by molar-refractivity contribution is -0.169. The van der Waals surface area contributed by atoms with Gasteiger partial charge in [-0.2, -0.15) is 5.26 Å². The molecule has 0 bridgehead atoms. The smallest absolute Gasteiger partial charge is 0.321 e. The fourth-order valence-electron chi connectivity index (χ4n) is 2.92. The molecule has 6 heteroatoms. The fourth-order valence-corrected chi connectivity index (χ4v) is 2.92. The highest BCUT2D eigenvalue weighted by Crippen LogP contribution is 2.33. The number of hydrogen-bond acceptors (Lipinski definition) is 5. The zero-order chi connectivity index (χ0) is 17.9. The average Bonchev–Trinajstić information content (AvgIpc) is 2.94. The van der Waals surface area contributed by atoms with Crippen LogP contribution in [-0.2, 0) is 14.3 Å². The van der Waals surface area contributed by atoms with Crippen LogP contribution >= 0.6 is 0 Å². The first-order chi connectivity index (χ1) is 11.2. The minimum absolute atomic E-state index is 0.0352. The van der Waals surface area contributed by atoms with Gasteiger partial charge in [0.15, 0.2) is 5.92 Å². The Labute approximate surface area is 141 Å². The summed E-state index contributed by atoms with van der Waals surface area (Å²) in [6.45, 7) is 5.59. The first-order valence-electron chi connectivity index (χ1n) is 7.90. The first kappa shape index (κ1) is 18.0. The molecule has 1 fully saturated rings. The predicted octanol–water partition coefficient (Wildman–Crippen LogP) is 2.25. The van der Waals surface area contributed by atoms with Gasteiger partial charge in [-0.25, -0.2) is 0 Å². The lowest BCUT2D eigenvalue weighted by atomic mass is 9.88. The molecular formula is C18H22N2O4. The van der Waals surface area contributed by atoms with Gasteiger partial charge in [-0.3, -0.25) is 9.59 Å².